The third kappa shape index (κ3) is 15.3. The topological polar surface area (TPSA) is 28.6 Å². The molecule has 1 aromatic carbocycles. The Bertz CT molecular complexity index is 370. The fourth-order valence-electron chi connectivity index (χ4n) is 3.18. The van der Waals surface area contributed by atoms with Gasteiger partial charge in [-0.25, -0.2) is 0 Å². The summed E-state index contributed by atoms with van der Waals surface area (Å²) in [4.78, 5) is 0. The lowest BCUT2D eigenvalue weighted by Crippen LogP contribution is -2.84. The first-order valence-corrected chi connectivity index (χ1v) is 11.3. The Balaban J connectivity index is 1.69. The Labute approximate surface area is 160 Å². The molecule has 1 rings (SSSR count). The zero-order chi connectivity index (χ0) is 17.8. The van der Waals surface area contributed by atoms with Crippen LogP contribution in [0.5, 0.6) is 0 Å². The molecule has 0 fully saturated rings. The minimum Gasteiger partial charge on any atom is -0.341 e. The van der Waals surface area contributed by atoms with E-state index in [4.69, 9.17) is 0 Å². The number of unbranched alkanes of at least 4 members (excludes halogenated alkanes) is 10. The minimum absolute atomic E-state index is 1.10. The molecule has 0 aliphatic rings. The minimum atomic E-state index is 1.10. The molecule has 3 radical (unpaired) electrons. The summed E-state index contributed by atoms with van der Waals surface area (Å²) >= 11 is 0. The maximum absolute atomic E-state index is 3.57. The van der Waals surface area contributed by atoms with Gasteiger partial charge in [-0.15, -0.1) is 0 Å². The Morgan fingerprint density at radius 1 is 0.680 bits per heavy atom. The van der Waals surface area contributed by atoms with E-state index in [0.717, 1.165) is 13.1 Å². The third-order valence-electron chi connectivity index (χ3n) is 4.78. The molecule has 0 saturated heterocycles. The molecule has 25 heavy (non-hydrogen) atoms. The number of hydrogen-bond acceptors (Lipinski definition) is 1. The molecule has 1 aromatic rings. The first-order valence-electron chi connectivity index (χ1n) is 10.6. The van der Waals surface area contributed by atoms with Gasteiger partial charge in [-0.3, -0.25) is 0 Å². The molecule has 3 heteroatoms. The second kappa shape index (κ2) is 18.2. The molecule has 0 saturated carbocycles. The van der Waals surface area contributed by atoms with Gasteiger partial charge in [0.05, 0.1) is 6.54 Å². The van der Waals surface area contributed by atoms with Gasteiger partial charge in [0.2, 0.25) is 0 Å². The summed E-state index contributed by atoms with van der Waals surface area (Å²) in [5, 5.41) is 5.96. The van der Waals surface area contributed by atoms with Crippen molar-refractivity contribution in [3.05, 3.63) is 35.9 Å². The molecule has 2 nitrogen and oxygen atoms in total. The maximum atomic E-state index is 3.57. The van der Waals surface area contributed by atoms with Crippen LogP contribution in [0.25, 0.3) is 0 Å². The van der Waals surface area contributed by atoms with Gasteiger partial charge in [-0.2, -0.15) is 0 Å². The number of quaternary nitrogens is 1. The largest absolute Gasteiger partial charge is 0.341 e. The van der Waals surface area contributed by atoms with E-state index in [2.05, 4.69) is 51.2 Å². The van der Waals surface area contributed by atoms with Crippen LogP contribution in [0.15, 0.2) is 30.3 Å². The van der Waals surface area contributed by atoms with Gasteiger partial charge in [-0.1, -0.05) is 101 Å². The highest BCUT2D eigenvalue weighted by molar-refractivity contribution is 6.08. The normalized spacial score (nSPS) is 11.1. The number of nitrogens with two attached hydrogens (primary N) is 1. The van der Waals surface area contributed by atoms with Gasteiger partial charge < -0.3 is 10.6 Å². The Morgan fingerprint density at radius 3 is 1.84 bits per heavy atom. The average Bonchev–Trinajstić information content (AvgIpc) is 2.65. The molecular formula is C22H40N2Si+. The Kier molecular flexibility index (Phi) is 16.3. The first-order chi connectivity index (χ1) is 12.4. The predicted molar refractivity (Wildman–Crippen MR) is 111 cm³/mol. The van der Waals surface area contributed by atoms with Crippen molar-refractivity contribution in [3.8, 4) is 0 Å². The third-order valence-corrected chi connectivity index (χ3v) is 5.13. The highest BCUT2D eigenvalue weighted by Gasteiger charge is 1.95. The van der Waals surface area contributed by atoms with Crippen LogP contribution in [0.2, 0.25) is 6.04 Å². The summed E-state index contributed by atoms with van der Waals surface area (Å²) in [5.41, 5.74) is 1.42. The van der Waals surface area contributed by atoms with Gasteiger partial charge in [0, 0.05) is 22.4 Å². The van der Waals surface area contributed by atoms with Gasteiger partial charge in [0.1, 0.15) is 6.54 Å². The molecule has 0 atom stereocenters. The fraction of sp³-hybridized carbons (Fsp3) is 0.727. The van der Waals surface area contributed by atoms with Crippen molar-refractivity contribution < 1.29 is 5.32 Å². The molecule has 0 aliphatic carbocycles. The molecule has 0 heterocycles. The lowest BCUT2D eigenvalue weighted by atomic mass is 10.1. The quantitative estimate of drug-likeness (QED) is 0.298. The van der Waals surface area contributed by atoms with Crippen molar-refractivity contribution in [1.82, 2.24) is 5.32 Å². The van der Waals surface area contributed by atoms with Gasteiger partial charge >= 0.3 is 0 Å². The van der Waals surface area contributed by atoms with E-state index >= 15 is 0 Å². The van der Waals surface area contributed by atoms with E-state index in [1.165, 1.54) is 95.3 Å². The number of rotatable bonds is 18. The summed E-state index contributed by atoms with van der Waals surface area (Å²) in [6.45, 7) is 4.58. The van der Waals surface area contributed by atoms with E-state index in [1.54, 1.807) is 0 Å². The molecule has 3 N–H and O–H groups in total. The molecule has 0 spiro atoms. The van der Waals surface area contributed by atoms with Crippen molar-refractivity contribution in [1.29, 1.82) is 0 Å². The number of hydrogen-bond donors (Lipinski definition) is 2. The SMILES string of the molecule is [Si]CCCCCCCCCCCCCNCC[NH2+]Cc1ccccc1. The van der Waals surface area contributed by atoms with Crippen LogP contribution in [0.4, 0.5) is 0 Å². The lowest BCUT2D eigenvalue weighted by molar-refractivity contribution is -0.668. The smallest absolute Gasteiger partial charge is 0.101 e. The van der Waals surface area contributed by atoms with Crippen LogP contribution < -0.4 is 10.6 Å². The second-order valence-electron chi connectivity index (χ2n) is 7.16. The van der Waals surface area contributed by atoms with E-state index in [0.29, 0.717) is 0 Å². The second-order valence-corrected chi connectivity index (χ2v) is 7.66. The molecule has 0 bridgehead atoms. The number of benzene rings is 1. The zero-order valence-electron chi connectivity index (χ0n) is 16.3. The highest BCUT2D eigenvalue weighted by Crippen LogP contribution is 2.11. The van der Waals surface area contributed by atoms with Crippen molar-refractivity contribution in [2.45, 2.75) is 83.2 Å². The fourth-order valence-corrected chi connectivity index (χ4v) is 3.43. The number of nitrogens with one attached hydrogen (secondary N) is 1. The van der Waals surface area contributed by atoms with Crippen LogP contribution >= 0.6 is 0 Å². The molecule has 0 unspecified atom stereocenters. The van der Waals surface area contributed by atoms with Crippen molar-refractivity contribution in [2.24, 2.45) is 0 Å². The van der Waals surface area contributed by atoms with Crippen LogP contribution in [0, 0.1) is 0 Å². The zero-order valence-corrected chi connectivity index (χ0v) is 17.3. The monoisotopic (exact) mass is 360 g/mol. The highest BCUT2D eigenvalue weighted by atomic mass is 28.1. The predicted octanol–water partition coefficient (Wildman–Crippen LogP) is 4.22. The molecule has 0 aromatic heterocycles. The maximum Gasteiger partial charge on any atom is 0.101 e. The lowest BCUT2D eigenvalue weighted by Gasteiger charge is -2.05. The Hall–Kier alpha value is -0.643. The average molecular weight is 361 g/mol. The summed E-state index contributed by atoms with van der Waals surface area (Å²) < 4.78 is 0. The van der Waals surface area contributed by atoms with E-state index in [9.17, 15) is 0 Å². The standard InChI is InChI=1S/C22H39N2Si/c25-20-14-9-7-5-3-1-2-4-6-8-13-17-23-18-19-24-21-22-15-11-10-12-16-22/h10-12,15-16,23-24H,1-9,13-14,17-21H2/p+1. The van der Waals surface area contributed by atoms with Crippen molar-refractivity contribution in [2.75, 3.05) is 19.6 Å². The van der Waals surface area contributed by atoms with Crippen LogP contribution in [0.1, 0.15) is 76.2 Å². The molecule has 141 valence electrons. The van der Waals surface area contributed by atoms with E-state index in [1.807, 2.05) is 0 Å². The van der Waals surface area contributed by atoms with E-state index in [-0.39, 0.29) is 0 Å². The van der Waals surface area contributed by atoms with Crippen LogP contribution in [-0.2, 0) is 6.54 Å². The molecule has 0 amide bonds. The van der Waals surface area contributed by atoms with Crippen molar-refractivity contribution in [3.63, 3.8) is 0 Å². The van der Waals surface area contributed by atoms with Crippen molar-refractivity contribution >= 4 is 10.2 Å². The summed E-state index contributed by atoms with van der Waals surface area (Å²) in [5.74, 6) is 0. The molecule has 0 aliphatic heterocycles. The summed E-state index contributed by atoms with van der Waals surface area (Å²) in [7, 11) is 3.54. The van der Waals surface area contributed by atoms with Crippen LogP contribution in [-0.4, -0.2) is 29.9 Å². The van der Waals surface area contributed by atoms with Gasteiger partial charge in [0.15, 0.2) is 0 Å². The first kappa shape index (κ1) is 22.4. The summed E-state index contributed by atoms with van der Waals surface area (Å²) in [6.07, 6.45) is 15.5. The van der Waals surface area contributed by atoms with Gasteiger partial charge in [-0.05, 0) is 13.0 Å². The van der Waals surface area contributed by atoms with Crippen LogP contribution in [0.3, 0.4) is 0 Å². The Morgan fingerprint density at radius 2 is 1.24 bits per heavy atom. The van der Waals surface area contributed by atoms with E-state index < -0.39 is 0 Å². The molecular weight excluding hydrogens is 320 g/mol. The summed E-state index contributed by atoms with van der Waals surface area (Å²) in [6, 6.07) is 11.9. The van der Waals surface area contributed by atoms with Gasteiger partial charge in [0.25, 0.3) is 0 Å².